The van der Waals surface area contributed by atoms with Gasteiger partial charge in [0.2, 0.25) is 16.8 Å². The van der Waals surface area contributed by atoms with E-state index in [0.29, 0.717) is 29.4 Å². The zero-order valence-electron chi connectivity index (χ0n) is 20.7. The van der Waals surface area contributed by atoms with Crippen LogP contribution in [-0.2, 0) is 21.4 Å². The maximum Gasteiger partial charge on any atom is 0.314 e. The third-order valence-electron chi connectivity index (χ3n) is 5.68. The van der Waals surface area contributed by atoms with Crippen LogP contribution in [0.15, 0.2) is 47.4 Å². The van der Waals surface area contributed by atoms with E-state index < -0.39 is 22.0 Å². The number of hydrogen-bond donors (Lipinski definition) is 4. The number of hydroxylamine groups is 1. The van der Waals surface area contributed by atoms with Gasteiger partial charge in [-0.05, 0) is 61.2 Å². The van der Waals surface area contributed by atoms with Crippen LogP contribution < -0.4 is 30.3 Å². The number of nitrogens with one attached hydrogen (secondary N) is 3. The van der Waals surface area contributed by atoms with Crippen LogP contribution in [0.1, 0.15) is 31.7 Å². The van der Waals surface area contributed by atoms with Crippen molar-refractivity contribution in [3.05, 3.63) is 48.0 Å². The number of carbonyl (C=O) groups excluding carboxylic acids is 2. The molecule has 1 atom stereocenters. The largest absolute Gasteiger partial charge is 0.497 e. The molecule has 0 radical (unpaired) electrons. The maximum absolute atomic E-state index is 13.8. The van der Waals surface area contributed by atoms with Gasteiger partial charge in [-0.15, -0.1) is 0 Å². The Balaban J connectivity index is 1.88. The molecule has 0 fully saturated rings. The second kappa shape index (κ2) is 13.1. The summed E-state index contributed by atoms with van der Waals surface area (Å²) in [4.78, 5) is 24.5. The predicted octanol–water partition coefficient (Wildman–Crippen LogP) is 1.98. The van der Waals surface area contributed by atoms with Crippen molar-refractivity contribution in [2.75, 3.05) is 27.0 Å². The van der Waals surface area contributed by atoms with Crippen molar-refractivity contribution in [1.82, 2.24) is 20.4 Å². The molecule has 202 valence electrons. The highest BCUT2D eigenvalue weighted by Crippen LogP contribution is 2.34. The van der Waals surface area contributed by atoms with E-state index in [1.165, 1.54) is 31.4 Å². The summed E-state index contributed by atoms with van der Waals surface area (Å²) in [6.07, 6.45) is 1.08. The number of amides is 3. The van der Waals surface area contributed by atoms with Crippen LogP contribution in [0.2, 0.25) is 0 Å². The number of methoxy groups -OCH3 is 1. The van der Waals surface area contributed by atoms with E-state index in [4.69, 9.17) is 14.2 Å². The van der Waals surface area contributed by atoms with Gasteiger partial charge in [-0.25, -0.2) is 18.7 Å². The molecule has 3 amide bonds. The number of sulfonamides is 1. The number of benzene rings is 2. The van der Waals surface area contributed by atoms with E-state index in [1.807, 2.05) is 6.92 Å². The number of rotatable bonds is 13. The minimum Gasteiger partial charge on any atom is -0.497 e. The molecule has 0 spiro atoms. The van der Waals surface area contributed by atoms with Crippen LogP contribution in [0.3, 0.4) is 0 Å². The summed E-state index contributed by atoms with van der Waals surface area (Å²) >= 11 is 0. The minimum absolute atomic E-state index is 0.0282. The molecular weight excluding hydrogens is 504 g/mol. The fraction of sp³-hybridized carbons (Fsp3) is 0.417. The van der Waals surface area contributed by atoms with E-state index in [2.05, 4.69) is 10.6 Å². The summed E-state index contributed by atoms with van der Waals surface area (Å²) in [5, 5.41) is 14.8. The molecule has 0 saturated heterocycles. The summed E-state index contributed by atoms with van der Waals surface area (Å²) in [5.41, 5.74) is 2.13. The molecule has 3 rings (SSSR count). The second-order valence-corrected chi connectivity index (χ2v) is 10.1. The van der Waals surface area contributed by atoms with Crippen molar-refractivity contribution >= 4 is 22.0 Å². The summed E-state index contributed by atoms with van der Waals surface area (Å²) in [6.45, 7) is 2.51. The van der Waals surface area contributed by atoms with Crippen molar-refractivity contribution in [3.63, 3.8) is 0 Å². The third-order valence-corrected chi connectivity index (χ3v) is 7.55. The Labute approximate surface area is 215 Å². The first-order valence-electron chi connectivity index (χ1n) is 11.8. The summed E-state index contributed by atoms with van der Waals surface area (Å²) in [5.74, 6) is 0.571. The Morgan fingerprint density at radius 3 is 2.46 bits per heavy atom. The van der Waals surface area contributed by atoms with Gasteiger partial charge in [0.05, 0.1) is 12.0 Å². The lowest BCUT2D eigenvalue weighted by Gasteiger charge is -2.30. The van der Waals surface area contributed by atoms with Gasteiger partial charge < -0.3 is 24.8 Å². The number of nitrogens with zero attached hydrogens (tertiary/aromatic N) is 1. The van der Waals surface area contributed by atoms with Crippen LogP contribution in [-0.4, -0.2) is 62.9 Å². The number of carbonyl (C=O) groups is 2. The fourth-order valence-electron chi connectivity index (χ4n) is 3.74. The summed E-state index contributed by atoms with van der Waals surface area (Å²) in [6, 6.07) is 9.13. The number of hydrogen-bond acceptors (Lipinski definition) is 8. The molecular formula is C24H32N4O8S. The summed E-state index contributed by atoms with van der Waals surface area (Å²) < 4.78 is 44.4. The zero-order chi connectivity index (χ0) is 26.8. The molecule has 0 unspecified atom stereocenters. The zero-order valence-corrected chi connectivity index (χ0v) is 21.5. The average Bonchev–Trinajstić information content (AvgIpc) is 3.38. The predicted molar refractivity (Wildman–Crippen MR) is 133 cm³/mol. The average molecular weight is 537 g/mol. The topological polar surface area (TPSA) is 156 Å². The van der Waals surface area contributed by atoms with Crippen LogP contribution >= 0.6 is 0 Å². The van der Waals surface area contributed by atoms with Gasteiger partial charge in [0, 0.05) is 19.6 Å². The molecule has 0 saturated carbocycles. The fourth-order valence-corrected chi connectivity index (χ4v) is 5.35. The van der Waals surface area contributed by atoms with Crippen LogP contribution in [0.5, 0.6) is 17.2 Å². The Morgan fingerprint density at radius 1 is 1.08 bits per heavy atom. The standard InChI is InChI=1S/C24H32N4O8S/c1-3-12-25-24(30)26-13-4-5-20(23(29)27-31)28(15-17-6-11-21-22(14-17)36-16-35-21)37(32,33)19-9-7-18(34-2)8-10-19/h6-11,14,20,31H,3-5,12-13,15-16H2,1-2H3,(H,27,29)(H2,25,26,30)/t20-/m1/s1. The molecule has 13 heteroatoms. The molecule has 1 aliphatic heterocycles. The maximum atomic E-state index is 13.8. The van der Waals surface area contributed by atoms with E-state index in [-0.39, 0.29) is 43.7 Å². The lowest BCUT2D eigenvalue weighted by Crippen LogP contribution is -2.49. The molecule has 0 aliphatic carbocycles. The molecule has 0 aromatic heterocycles. The molecule has 37 heavy (non-hydrogen) atoms. The van der Waals surface area contributed by atoms with Crippen molar-refractivity contribution in [1.29, 1.82) is 0 Å². The Kier molecular flexibility index (Phi) is 9.94. The normalized spacial score (nSPS) is 13.2. The first-order valence-corrected chi connectivity index (χ1v) is 13.2. The minimum atomic E-state index is -4.22. The third kappa shape index (κ3) is 7.24. The van der Waals surface area contributed by atoms with E-state index >= 15 is 0 Å². The van der Waals surface area contributed by atoms with Crippen LogP contribution in [0.25, 0.3) is 0 Å². The second-order valence-electron chi connectivity index (χ2n) is 8.23. The van der Waals surface area contributed by atoms with Gasteiger partial charge in [-0.2, -0.15) is 4.31 Å². The number of ether oxygens (including phenoxy) is 3. The molecule has 2 aromatic rings. The number of urea groups is 1. The molecule has 1 aliphatic rings. The lowest BCUT2D eigenvalue weighted by molar-refractivity contribution is -0.133. The Bertz CT molecular complexity index is 1170. The van der Waals surface area contributed by atoms with Crippen LogP contribution in [0.4, 0.5) is 4.79 Å². The SMILES string of the molecule is CCCNC(=O)NCCC[C@H](C(=O)NO)N(Cc1ccc2c(c1)OCO2)S(=O)(=O)c1ccc(OC)cc1. The van der Waals surface area contributed by atoms with Gasteiger partial charge in [-0.1, -0.05) is 13.0 Å². The van der Waals surface area contributed by atoms with Gasteiger partial charge >= 0.3 is 6.03 Å². The van der Waals surface area contributed by atoms with Gasteiger partial charge in [-0.3, -0.25) is 10.0 Å². The van der Waals surface area contributed by atoms with E-state index in [0.717, 1.165) is 10.7 Å². The van der Waals surface area contributed by atoms with Gasteiger partial charge in [0.1, 0.15) is 11.8 Å². The summed E-state index contributed by atoms with van der Waals surface area (Å²) in [7, 11) is -2.76. The molecule has 4 N–H and O–H groups in total. The van der Waals surface area contributed by atoms with Crippen molar-refractivity contribution in [2.24, 2.45) is 0 Å². The first kappa shape index (κ1) is 28.0. The van der Waals surface area contributed by atoms with Crippen molar-refractivity contribution < 1.29 is 37.4 Å². The lowest BCUT2D eigenvalue weighted by atomic mass is 10.1. The van der Waals surface area contributed by atoms with Crippen molar-refractivity contribution in [2.45, 2.75) is 43.7 Å². The van der Waals surface area contributed by atoms with Gasteiger partial charge in [0.15, 0.2) is 11.5 Å². The quantitative estimate of drug-likeness (QED) is 0.172. The first-order chi connectivity index (χ1) is 17.8. The highest BCUT2D eigenvalue weighted by molar-refractivity contribution is 7.89. The Hall–Kier alpha value is -3.55. The highest BCUT2D eigenvalue weighted by atomic mass is 32.2. The molecule has 0 bridgehead atoms. The van der Waals surface area contributed by atoms with Crippen LogP contribution in [0, 0.1) is 0 Å². The molecule has 12 nitrogen and oxygen atoms in total. The smallest absolute Gasteiger partial charge is 0.314 e. The van der Waals surface area contributed by atoms with Crippen molar-refractivity contribution in [3.8, 4) is 17.2 Å². The number of fused-ring (bicyclic) bond motifs is 1. The molecule has 2 aromatic carbocycles. The highest BCUT2D eigenvalue weighted by Gasteiger charge is 2.36. The Morgan fingerprint density at radius 2 is 1.78 bits per heavy atom. The monoisotopic (exact) mass is 536 g/mol. The van der Waals surface area contributed by atoms with E-state index in [1.54, 1.807) is 23.7 Å². The van der Waals surface area contributed by atoms with E-state index in [9.17, 15) is 23.2 Å². The molecule has 1 heterocycles. The van der Waals surface area contributed by atoms with Gasteiger partial charge in [0.25, 0.3) is 5.91 Å².